The lowest BCUT2D eigenvalue weighted by atomic mass is 10.2. The Morgan fingerprint density at radius 2 is 2.24 bits per heavy atom. The fourth-order valence-electron chi connectivity index (χ4n) is 1.90. The van der Waals surface area contributed by atoms with Crippen LogP contribution in [0.5, 0.6) is 0 Å². The minimum atomic E-state index is 0.156. The molecule has 1 aromatic rings. The van der Waals surface area contributed by atoms with E-state index in [4.69, 9.17) is 0 Å². The molecule has 1 aliphatic carbocycles. The fraction of sp³-hybridized carbons (Fsp3) is 0.692. The number of carbonyl (C=O) groups is 1. The third kappa shape index (κ3) is 3.32. The quantitative estimate of drug-likeness (QED) is 0.815. The van der Waals surface area contributed by atoms with Gasteiger partial charge < -0.3 is 5.32 Å². The van der Waals surface area contributed by atoms with E-state index >= 15 is 0 Å². The minimum absolute atomic E-state index is 0.156. The summed E-state index contributed by atoms with van der Waals surface area (Å²) >= 11 is 0. The number of amides is 1. The van der Waals surface area contributed by atoms with Gasteiger partial charge in [-0.15, -0.1) is 0 Å². The summed E-state index contributed by atoms with van der Waals surface area (Å²) in [5.74, 6) is 0.156. The van der Waals surface area contributed by atoms with E-state index in [1.807, 2.05) is 4.68 Å². The molecule has 1 N–H and O–H groups in total. The van der Waals surface area contributed by atoms with E-state index in [-0.39, 0.29) is 5.91 Å². The molecular formula is C13H21N3O. The Kier molecular flexibility index (Phi) is 3.82. The van der Waals surface area contributed by atoms with Gasteiger partial charge in [-0.3, -0.25) is 9.48 Å². The van der Waals surface area contributed by atoms with Gasteiger partial charge in [-0.05, 0) is 31.7 Å². The maximum absolute atomic E-state index is 11.6. The van der Waals surface area contributed by atoms with Gasteiger partial charge >= 0.3 is 0 Å². The van der Waals surface area contributed by atoms with E-state index in [2.05, 4.69) is 30.3 Å². The average Bonchev–Trinajstić information content (AvgIpc) is 3.04. The molecule has 1 saturated carbocycles. The van der Waals surface area contributed by atoms with Crippen molar-refractivity contribution < 1.29 is 4.79 Å². The number of carbonyl (C=O) groups excluding carboxylic acids is 1. The molecule has 0 saturated heterocycles. The first-order valence-corrected chi connectivity index (χ1v) is 6.57. The third-order valence-corrected chi connectivity index (χ3v) is 3.13. The Labute approximate surface area is 102 Å². The summed E-state index contributed by atoms with van der Waals surface area (Å²) in [5.41, 5.74) is 2.34. The molecule has 94 valence electrons. The number of aryl methyl sites for hydroxylation is 3. The molecule has 1 aromatic heterocycles. The van der Waals surface area contributed by atoms with Crippen LogP contribution in [0.3, 0.4) is 0 Å². The van der Waals surface area contributed by atoms with Gasteiger partial charge in [-0.2, -0.15) is 5.10 Å². The van der Waals surface area contributed by atoms with Gasteiger partial charge in [0.15, 0.2) is 0 Å². The van der Waals surface area contributed by atoms with E-state index in [1.165, 1.54) is 5.69 Å². The van der Waals surface area contributed by atoms with Crippen molar-refractivity contribution in [2.45, 2.75) is 58.5 Å². The Morgan fingerprint density at radius 3 is 2.82 bits per heavy atom. The number of nitrogens with zero attached hydrogens (tertiary/aromatic N) is 2. The van der Waals surface area contributed by atoms with E-state index in [1.54, 1.807) is 0 Å². The predicted molar refractivity (Wildman–Crippen MR) is 66.8 cm³/mol. The zero-order chi connectivity index (χ0) is 12.3. The van der Waals surface area contributed by atoms with Crippen LogP contribution in [0.2, 0.25) is 0 Å². The van der Waals surface area contributed by atoms with Crippen molar-refractivity contribution in [1.29, 1.82) is 0 Å². The van der Waals surface area contributed by atoms with Crippen LogP contribution in [0.4, 0.5) is 0 Å². The van der Waals surface area contributed by atoms with Crippen molar-refractivity contribution in [2.75, 3.05) is 0 Å². The van der Waals surface area contributed by atoms with Crippen LogP contribution < -0.4 is 5.32 Å². The summed E-state index contributed by atoms with van der Waals surface area (Å²) < 4.78 is 1.98. The van der Waals surface area contributed by atoms with Crippen LogP contribution in [0, 0.1) is 0 Å². The molecule has 0 unspecified atom stereocenters. The van der Waals surface area contributed by atoms with Gasteiger partial charge in [-0.25, -0.2) is 0 Å². The number of rotatable bonds is 6. The standard InChI is InChI=1S/C13H21N3O/c1-3-10-9-12(4-2)16(15-10)8-7-13(17)14-11-5-6-11/h9,11H,3-8H2,1-2H3,(H,14,17). The lowest BCUT2D eigenvalue weighted by Crippen LogP contribution is -2.26. The van der Waals surface area contributed by atoms with Crippen LogP contribution >= 0.6 is 0 Å². The Balaban J connectivity index is 1.87. The minimum Gasteiger partial charge on any atom is -0.353 e. The molecule has 0 atom stereocenters. The van der Waals surface area contributed by atoms with Crippen LogP contribution in [0.1, 0.15) is 44.5 Å². The normalized spacial score (nSPS) is 14.9. The first-order chi connectivity index (χ1) is 8.22. The number of aromatic nitrogens is 2. The average molecular weight is 235 g/mol. The summed E-state index contributed by atoms with van der Waals surface area (Å²) in [4.78, 5) is 11.6. The zero-order valence-corrected chi connectivity index (χ0v) is 10.7. The molecule has 1 aliphatic rings. The molecule has 0 aromatic carbocycles. The first-order valence-electron chi connectivity index (χ1n) is 6.57. The Bertz CT molecular complexity index is 393. The lowest BCUT2D eigenvalue weighted by molar-refractivity contribution is -0.121. The smallest absolute Gasteiger partial charge is 0.222 e. The van der Waals surface area contributed by atoms with Crippen molar-refractivity contribution in [1.82, 2.24) is 15.1 Å². The Morgan fingerprint density at radius 1 is 1.47 bits per heavy atom. The lowest BCUT2D eigenvalue weighted by Gasteiger charge is -2.06. The summed E-state index contributed by atoms with van der Waals surface area (Å²) in [7, 11) is 0. The molecule has 0 aliphatic heterocycles. The molecule has 1 amide bonds. The monoisotopic (exact) mass is 235 g/mol. The van der Waals surface area contributed by atoms with E-state index < -0.39 is 0 Å². The number of nitrogens with one attached hydrogen (secondary N) is 1. The van der Waals surface area contributed by atoms with Gasteiger partial charge in [0, 0.05) is 24.7 Å². The molecule has 0 radical (unpaired) electrons. The second-order valence-corrected chi connectivity index (χ2v) is 4.65. The highest BCUT2D eigenvalue weighted by Crippen LogP contribution is 2.18. The number of hydrogen-bond acceptors (Lipinski definition) is 2. The second-order valence-electron chi connectivity index (χ2n) is 4.65. The fourth-order valence-corrected chi connectivity index (χ4v) is 1.90. The number of hydrogen-bond donors (Lipinski definition) is 1. The van der Waals surface area contributed by atoms with Gasteiger partial charge in [0.1, 0.15) is 0 Å². The summed E-state index contributed by atoms with van der Waals surface area (Å²) in [5, 5.41) is 7.51. The summed E-state index contributed by atoms with van der Waals surface area (Å²) in [6.45, 7) is 4.92. The van der Waals surface area contributed by atoms with Crippen LogP contribution in [-0.4, -0.2) is 21.7 Å². The highest BCUT2D eigenvalue weighted by molar-refractivity contribution is 5.76. The molecule has 17 heavy (non-hydrogen) atoms. The Hall–Kier alpha value is -1.32. The van der Waals surface area contributed by atoms with Gasteiger partial charge in [-0.1, -0.05) is 13.8 Å². The highest BCUT2D eigenvalue weighted by atomic mass is 16.1. The maximum Gasteiger partial charge on any atom is 0.222 e. The van der Waals surface area contributed by atoms with Crippen LogP contribution in [0.15, 0.2) is 6.07 Å². The second kappa shape index (κ2) is 5.34. The molecule has 1 fully saturated rings. The van der Waals surface area contributed by atoms with Crippen molar-refractivity contribution in [3.05, 3.63) is 17.5 Å². The van der Waals surface area contributed by atoms with Crippen molar-refractivity contribution >= 4 is 5.91 Å². The van der Waals surface area contributed by atoms with E-state index in [0.717, 1.165) is 31.4 Å². The molecule has 4 nitrogen and oxygen atoms in total. The van der Waals surface area contributed by atoms with Gasteiger partial charge in [0.2, 0.25) is 5.91 Å². The molecular weight excluding hydrogens is 214 g/mol. The van der Waals surface area contributed by atoms with Crippen LogP contribution in [0.25, 0.3) is 0 Å². The topological polar surface area (TPSA) is 46.9 Å². The van der Waals surface area contributed by atoms with Crippen molar-refractivity contribution in [3.8, 4) is 0 Å². The van der Waals surface area contributed by atoms with Gasteiger partial charge in [0.05, 0.1) is 5.69 Å². The third-order valence-electron chi connectivity index (χ3n) is 3.13. The van der Waals surface area contributed by atoms with E-state index in [9.17, 15) is 4.79 Å². The zero-order valence-electron chi connectivity index (χ0n) is 10.7. The molecule has 0 bridgehead atoms. The molecule has 4 heteroatoms. The predicted octanol–water partition coefficient (Wildman–Crippen LogP) is 1.68. The first kappa shape index (κ1) is 12.1. The van der Waals surface area contributed by atoms with E-state index in [0.29, 0.717) is 19.0 Å². The SMILES string of the molecule is CCc1cc(CC)n(CCC(=O)NC2CC2)n1. The van der Waals surface area contributed by atoms with Crippen LogP contribution in [-0.2, 0) is 24.2 Å². The maximum atomic E-state index is 11.6. The highest BCUT2D eigenvalue weighted by Gasteiger charge is 2.22. The molecule has 1 heterocycles. The summed E-state index contributed by atoms with van der Waals surface area (Å²) in [6.07, 6.45) is 4.75. The summed E-state index contributed by atoms with van der Waals surface area (Å²) in [6, 6.07) is 2.59. The largest absolute Gasteiger partial charge is 0.353 e. The van der Waals surface area contributed by atoms with Crippen molar-refractivity contribution in [2.24, 2.45) is 0 Å². The van der Waals surface area contributed by atoms with Crippen molar-refractivity contribution in [3.63, 3.8) is 0 Å². The van der Waals surface area contributed by atoms with Gasteiger partial charge in [0.25, 0.3) is 0 Å². The molecule has 0 spiro atoms. The molecule has 2 rings (SSSR count).